The molecule has 0 radical (unpaired) electrons. The van der Waals surface area contributed by atoms with E-state index < -0.39 is 5.97 Å². The molecule has 24 heavy (non-hydrogen) atoms. The molecule has 0 saturated heterocycles. The number of ether oxygens (including phenoxy) is 1. The van der Waals surface area contributed by atoms with Crippen LogP contribution in [0.2, 0.25) is 0 Å². The van der Waals surface area contributed by atoms with Crippen molar-refractivity contribution in [3.8, 4) is 11.1 Å². The summed E-state index contributed by atoms with van der Waals surface area (Å²) in [6, 6.07) is 13.7. The highest BCUT2D eigenvalue weighted by atomic mass is 16.5. The maximum atomic E-state index is 12.5. The van der Waals surface area contributed by atoms with E-state index in [0.717, 1.165) is 6.42 Å². The van der Waals surface area contributed by atoms with E-state index in [2.05, 4.69) is 5.32 Å². The second kappa shape index (κ2) is 8.84. The van der Waals surface area contributed by atoms with Gasteiger partial charge < -0.3 is 15.2 Å². The predicted octanol–water partition coefficient (Wildman–Crippen LogP) is 3.21. The van der Waals surface area contributed by atoms with Gasteiger partial charge in [0.05, 0.1) is 5.56 Å². The van der Waals surface area contributed by atoms with Gasteiger partial charge in [-0.3, -0.25) is 4.79 Å². The predicted molar refractivity (Wildman–Crippen MR) is 92.3 cm³/mol. The molecule has 0 aliphatic rings. The van der Waals surface area contributed by atoms with Gasteiger partial charge in [-0.05, 0) is 36.6 Å². The van der Waals surface area contributed by atoms with E-state index >= 15 is 0 Å². The molecule has 5 nitrogen and oxygen atoms in total. The number of hydrogen-bond donors (Lipinski definition) is 2. The number of carbonyl (C=O) groups is 2. The van der Waals surface area contributed by atoms with Crippen LogP contribution in [0.1, 0.15) is 34.1 Å². The summed E-state index contributed by atoms with van der Waals surface area (Å²) in [6.45, 7) is 3.69. The summed E-state index contributed by atoms with van der Waals surface area (Å²) in [5, 5.41) is 12.2. The lowest BCUT2D eigenvalue weighted by atomic mass is 9.95. The van der Waals surface area contributed by atoms with E-state index in [-0.39, 0.29) is 11.5 Å². The van der Waals surface area contributed by atoms with Gasteiger partial charge in [0.1, 0.15) is 0 Å². The Hall–Kier alpha value is -2.66. The van der Waals surface area contributed by atoms with Crippen molar-refractivity contribution in [2.75, 3.05) is 19.8 Å². The average molecular weight is 327 g/mol. The molecule has 0 fully saturated rings. The van der Waals surface area contributed by atoms with Gasteiger partial charge in [-0.15, -0.1) is 0 Å². The molecule has 2 aromatic rings. The molecule has 0 bridgehead atoms. The van der Waals surface area contributed by atoms with Gasteiger partial charge in [0.2, 0.25) is 0 Å². The summed E-state index contributed by atoms with van der Waals surface area (Å²) in [6.07, 6.45) is 0.730. The van der Waals surface area contributed by atoms with Crippen molar-refractivity contribution in [2.45, 2.75) is 13.3 Å². The number of carboxylic acids is 1. The Labute approximate surface area is 141 Å². The van der Waals surface area contributed by atoms with Gasteiger partial charge in [-0.25, -0.2) is 4.79 Å². The fourth-order valence-corrected chi connectivity index (χ4v) is 2.44. The molecule has 2 aromatic carbocycles. The van der Waals surface area contributed by atoms with E-state index in [1.165, 1.54) is 6.07 Å². The molecule has 0 aliphatic heterocycles. The van der Waals surface area contributed by atoms with Crippen LogP contribution in [-0.2, 0) is 4.74 Å². The normalized spacial score (nSPS) is 10.4. The Balaban J connectivity index is 2.22. The van der Waals surface area contributed by atoms with Crippen molar-refractivity contribution in [1.29, 1.82) is 0 Å². The molecule has 0 unspecified atom stereocenters. The van der Waals surface area contributed by atoms with E-state index in [1.54, 1.807) is 42.5 Å². The molecular formula is C19H21NO4. The number of carboxylic acid groups (broad SMARTS) is 1. The monoisotopic (exact) mass is 327 g/mol. The summed E-state index contributed by atoms with van der Waals surface area (Å²) in [5.41, 5.74) is 1.78. The fourth-order valence-electron chi connectivity index (χ4n) is 2.44. The third kappa shape index (κ3) is 4.43. The maximum absolute atomic E-state index is 12.5. The third-order valence-corrected chi connectivity index (χ3v) is 3.57. The van der Waals surface area contributed by atoms with Crippen LogP contribution in [0.15, 0.2) is 48.5 Å². The Morgan fingerprint density at radius 1 is 1.00 bits per heavy atom. The zero-order valence-corrected chi connectivity index (χ0v) is 13.6. The van der Waals surface area contributed by atoms with Gasteiger partial charge in [0.15, 0.2) is 0 Å². The number of aromatic carboxylic acids is 1. The Bertz CT molecular complexity index is 712. The molecule has 1 amide bonds. The summed E-state index contributed by atoms with van der Waals surface area (Å²) in [5.74, 6) is -1.24. The average Bonchev–Trinajstić information content (AvgIpc) is 2.61. The largest absolute Gasteiger partial charge is 0.478 e. The van der Waals surface area contributed by atoms with Crippen LogP contribution in [0.3, 0.4) is 0 Å². The highest BCUT2D eigenvalue weighted by Gasteiger charge is 2.17. The Morgan fingerprint density at radius 2 is 1.58 bits per heavy atom. The summed E-state index contributed by atoms with van der Waals surface area (Å²) < 4.78 is 5.24. The maximum Gasteiger partial charge on any atom is 0.336 e. The van der Waals surface area contributed by atoms with E-state index in [1.807, 2.05) is 6.92 Å². The first-order valence-corrected chi connectivity index (χ1v) is 7.92. The topological polar surface area (TPSA) is 75.6 Å². The van der Waals surface area contributed by atoms with Crippen LogP contribution in [0.5, 0.6) is 0 Å². The third-order valence-electron chi connectivity index (χ3n) is 3.57. The van der Waals surface area contributed by atoms with Gasteiger partial charge >= 0.3 is 5.97 Å². The summed E-state index contributed by atoms with van der Waals surface area (Å²) in [4.78, 5) is 23.9. The van der Waals surface area contributed by atoms with E-state index in [9.17, 15) is 14.7 Å². The molecule has 0 aliphatic carbocycles. The first-order valence-electron chi connectivity index (χ1n) is 7.92. The molecule has 5 heteroatoms. The van der Waals surface area contributed by atoms with Crippen molar-refractivity contribution in [2.24, 2.45) is 0 Å². The van der Waals surface area contributed by atoms with Crippen molar-refractivity contribution in [1.82, 2.24) is 5.32 Å². The van der Waals surface area contributed by atoms with E-state index in [4.69, 9.17) is 4.74 Å². The number of benzene rings is 2. The molecule has 2 N–H and O–H groups in total. The van der Waals surface area contributed by atoms with Crippen molar-refractivity contribution < 1.29 is 19.4 Å². The molecule has 0 atom stereocenters. The van der Waals surface area contributed by atoms with Gasteiger partial charge in [0, 0.05) is 25.3 Å². The number of hydrogen-bond acceptors (Lipinski definition) is 3. The molecule has 0 heterocycles. The lowest BCUT2D eigenvalue weighted by Crippen LogP contribution is -2.26. The highest BCUT2D eigenvalue weighted by Crippen LogP contribution is 2.27. The summed E-state index contributed by atoms with van der Waals surface area (Å²) >= 11 is 0. The molecule has 0 aromatic heterocycles. The fraction of sp³-hybridized carbons (Fsp3) is 0.263. The lowest BCUT2D eigenvalue weighted by Gasteiger charge is -2.12. The first kappa shape index (κ1) is 17.7. The second-order valence-corrected chi connectivity index (χ2v) is 5.20. The zero-order chi connectivity index (χ0) is 17.4. The van der Waals surface area contributed by atoms with Crippen molar-refractivity contribution in [3.05, 3.63) is 59.7 Å². The standard InChI is InChI=1S/C19H21NO4/c1-2-24-13-7-12-20-18(21)16-10-5-3-8-14(16)15-9-4-6-11-17(15)19(22)23/h3-6,8-11H,2,7,12-13H2,1H3,(H,20,21)(H,22,23). The minimum absolute atomic E-state index is 0.175. The second-order valence-electron chi connectivity index (χ2n) is 5.20. The first-order chi connectivity index (χ1) is 11.6. The Kier molecular flexibility index (Phi) is 6.51. The van der Waals surface area contributed by atoms with Crippen LogP contribution in [0.25, 0.3) is 11.1 Å². The number of amides is 1. The SMILES string of the molecule is CCOCCCNC(=O)c1ccccc1-c1ccccc1C(=O)O. The van der Waals surface area contributed by atoms with Crippen LogP contribution < -0.4 is 5.32 Å². The highest BCUT2D eigenvalue weighted by molar-refractivity contribution is 6.04. The molecule has 0 spiro atoms. The van der Waals surface area contributed by atoms with Crippen molar-refractivity contribution >= 4 is 11.9 Å². The van der Waals surface area contributed by atoms with E-state index in [0.29, 0.717) is 36.4 Å². The van der Waals surface area contributed by atoms with Crippen molar-refractivity contribution in [3.63, 3.8) is 0 Å². The number of nitrogens with one attached hydrogen (secondary N) is 1. The van der Waals surface area contributed by atoms with Crippen LogP contribution >= 0.6 is 0 Å². The molecule has 0 saturated carbocycles. The van der Waals surface area contributed by atoms with Crippen LogP contribution in [0, 0.1) is 0 Å². The minimum Gasteiger partial charge on any atom is -0.478 e. The van der Waals surface area contributed by atoms with Gasteiger partial charge in [0.25, 0.3) is 5.91 Å². The smallest absolute Gasteiger partial charge is 0.336 e. The zero-order valence-electron chi connectivity index (χ0n) is 13.6. The minimum atomic E-state index is -1.02. The van der Waals surface area contributed by atoms with Crippen LogP contribution in [0.4, 0.5) is 0 Å². The van der Waals surface area contributed by atoms with Gasteiger partial charge in [-0.1, -0.05) is 36.4 Å². The Morgan fingerprint density at radius 3 is 2.21 bits per heavy atom. The number of carbonyl (C=O) groups excluding carboxylic acids is 1. The van der Waals surface area contributed by atoms with Crippen LogP contribution in [-0.4, -0.2) is 36.7 Å². The lowest BCUT2D eigenvalue weighted by molar-refractivity contribution is 0.0697. The summed E-state index contributed by atoms with van der Waals surface area (Å²) in [7, 11) is 0. The quantitative estimate of drug-likeness (QED) is 0.730. The molecule has 126 valence electrons. The molecule has 2 rings (SSSR count). The number of rotatable bonds is 8. The molecular weight excluding hydrogens is 306 g/mol. The van der Waals surface area contributed by atoms with Gasteiger partial charge in [-0.2, -0.15) is 0 Å².